The summed E-state index contributed by atoms with van der Waals surface area (Å²) in [6.07, 6.45) is 6.61. The van der Waals surface area contributed by atoms with Crippen molar-refractivity contribution in [1.82, 2.24) is 25.8 Å². The number of amidine groups is 1. The Hall–Kier alpha value is -1.64. The molecule has 0 aromatic rings. The first-order valence-corrected chi connectivity index (χ1v) is 11.3. The lowest BCUT2D eigenvalue weighted by atomic mass is 9.74. The van der Waals surface area contributed by atoms with Crippen LogP contribution in [0.25, 0.3) is 0 Å². The summed E-state index contributed by atoms with van der Waals surface area (Å²) in [6, 6.07) is 0.408. The molecule has 0 spiro atoms. The summed E-state index contributed by atoms with van der Waals surface area (Å²) >= 11 is 0. The molecule has 5 aliphatic heterocycles. The second-order valence-electron chi connectivity index (χ2n) is 9.22. The third-order valence-electron chi connectivity index (χ3n) is 7.65. The molecule has 0 aromatic carbocycles. The van der Waals surface area contributed by atoms with E-state index in [0.717, 1.165) is 69.8 Å². The standard InChI is InChI=1S/C21H34N6O2/c1-14(15-2-6-22-7-3-15)17-10-23-11-18(17)20-24-19-12-26(13-27(19)21(28)25-20)16-4-8-29-9-5-16/h12,14-18,22-23H,2-11,13H2,1H3,(H,24,25,28). The second kappa shape index (κ2) is 8.24. The Morgan fingerprint density at radius 2 is 1.93 bits per heavy atom. The molecule has 5 rings (SSSR count). The molecule has 0 bridgehead atoms. The smallest absolute Gasteiger partial charge is 0.329 e. The molecular formula is C21H34N6O2. The highest BCUT2D eigenvalue weighted by molar-refractivity contribution is 6.02. The number of hydrogen-bond donors (Lipinski definition) is 3. The van der Waals surface area contributed by atoms with E-state index in [9.17, 15) is 4.79 Å². The van der Waals surface area contributed by atoms with Crippen molar-refractivity contribution in [2.75, 3.05) is 46.1 Å². The minimum Gasteiger partial charge on any atom is -0.381 e. The van der Waals surface area contributed by atoms with Crippen LogP contribution in [0.5, 0.6) is 0 Å². The molecule has 160 valence electrons. The van der Waals surface area contributed by atoms with E-state index in [0.29, 0.717) is 24.5 Å². The van der Waals surface area contributed by atoms with Gasteiger partial charge in [-0.2, -0.15) is 0 Å². The fourth-order valence-corrected chi connectivity index (χ4v) is 5.76. The molecule has 8 nitrogen and oxygen atoms in total. The maximum Gasteiger partial charge on any atom is 0.329 e. The zero-order chi connectivity index (χ0) is 19.8. The van der Waals surface area contributed by atoms with E-state index in [2.05, 4.69) is 34.0 Å². The summed E-state index contributed by atoms with van der Waals surface area (Å²) in [5.74, 6) is 3.86. The zero-order valence-electron chi connectivity index (χ0n) is 17.4. The van der Waals surface area contributed by atoms with Crippen molar-refractivity contribution < 1.29 is 9.53 Å². The predicted molar refractivity (Wildman–Crippen MR) is 111 cm³/mol. The maximum atomic E-state index is 12.9. The Labute approximate surface area is 173 Å². The van der Waals surface area contributed by atoms with Crippen molar-refractivity contribution in [1.29, 1.82) is 0 Å². The Morgan fingerprint density at radius 1 is 1.14 bits per heavy atom. The average molecular weight is 403 g/mol. The molecule has 5 aliphatic rings. The minimum absolute atomic E-state index is 0.0315. The van der Waals surface area contributed by atoms with Crippen molar-refractivity contribution in [3.05, 3.63) is 12.0 Å². The van der Waals surface area contributed by atoms with Gasteiger partial charge >= 0.3 is 6.03 Å². The van der Waals surface area contributed by atoms with Crippen LogP contribution < -0.4 is 16.0 Å². The number of nitrogens with one attached hydrogen (secondary N) is 3. The van der Waals surface area contributed by atoms with E-state index in [-0.39, 0.29) is 11.9 Å². The summed E-state index contributed by atoms with van der Waals surface area (Å²) < 4.78 is 5.49. The Morgan fingerprint density at radius 3 is 2.72 bits per heavy atom. The molecule has 3 N–H and O–H groups in total. The molecule has 0 saturated carbocycles. The Bertz CT molecular complexity index is 683. The molecule has 3 atom stereocenters. The van der Waals surface area contributed by atoms with Gasteiger partial charge in [0.1, 0.15) is 12.5 Å². The van der Waals surface area contributed by atoms with Crippen molar-refractivity contribution in [3.8, 4) is 0 Å². The number of piperidine rings is 1. The van der Waals surface area contributed by atoms with Gasteiger partial charge in [0.25, 0.3) is 0 Å². The number of urea groups is 1. The van der Waals surface area contributed by atoms with Crippen LogP contribution in [-0.4, -0.2) is 73.8 Å². The van der Waals surface area contributed by atoms with Crippen LogP contribution in [0, 0.1) is 23.7 Å². The van der Waals surface area contributed by atoms with E-state index in [1.807, 2.05) is 0 Å². The molecule has 0 aromatic heterocycles. The number of amides is 2. The third kappa shape index (κ3) is 3.78. The van der Waals surface area contributed by atoms with Gasteiger partial charge in [0, 0.05) is 37.9 Å². The lowest BCUT2D eigenvalue weighted by Gasteiger charge is -2.36. The lowest BCUT2D eigenvalue weighted by molar-refractivity contribution is 0.0459. The van der Waals surface area contributed by atoms with E-state index in [1.165, 1.54) is 12.8 Å². The normalized spacial score (nSPS) is 32.7. The molecule has 0 aliphatic carbocycles. The first kappa shape index (κ1) is 19.3. The number of carbonyl (C=O) groups excluding carboxylic acids is 1. The van der Waals surface area contributed by atoms with Crippen LogP contribution >= 0.6 is 0 Å². The van der Waals surface area contributed by atoms with E-state index in [4.69, 9.17) is 9.73 Å². The van der Waals surface area contributed by atoms with Crippen LogP contribution in [0.15, 0.2) is 17.0 Å². The average Bonchev–Trinajstić information content (AvgIpc) is 3.42. The van der Waals surface area contributed by atoms with Gasteiger partial charge in [0.15, 0.2) is 5.82 Å². The molecule has 3 unspecified atom stereocenters. The van der Waals surface area contributed by atoms with Gasteiger partial charge in [-0.1, -0.05) is 6.92 Å². The zero-order valence-corrected chi connectivity index (χ0v) is 17.4. The second-order valence-corrected chi connectivity index (χ2v) is 9.22. The van der Waals surface area contributed by atoms with Crippen LogP contribution in [0.2, 0.25) is 0 Å². The van der Waals surface area contributed by atoms with Crippen LogP contribution in [0.1, 0.15) is 32.6 Å². The van der Waals surface area contributed by atoms with Gasteiger partial charge < -0.3 is 20.3 Å². The van der Waals surface area contributed by atoms with Crippen molar-refractivity contribution in [2.24, 2.45) is 28.7 Å². The minimum atomic E-state index is -0.0315. The highest BCUT2D eigenvalue weighted by atomic mass is 16.5. The van der Waals surface area contributed by atoms with Crippen LogP contribution in [0.4, 0.5) is 4.79 Å². The fourth-order valence-electron chi connectivity index (χ4n) is 5.76. The van der Waals surface area contributed by atoms with Gasteiger partial charge in [-0.15, -0.1) is 0 Å². The number of rotatable bonds is 4. The highest BCUT2D eigenvalue weighted by Gasteiger charge is 2.42. The predicted octanol–water partition coefficient (Wildman–Crippen LogP) is 1.13. The third-order valence-corrected chi connectivity index (χ3v) is 7.65. The largest absolute Gasteiger partial charge is 0.381 e. The van der Waals surface area contributed by atoms with Crippen LogP contribution in [-0.2, 0) is 4.74 Å². The molecule has 29 heavy (non-hydrogen) atoms. The van der Waals surface area contributed by atoms with Gasteiger partial charge in [-0.3, -0.25) is 10.2 Å². The molecule has 0 radical (unpaired) electrons. The summed E-state index contributed by atoms with van der Waals surface area (Å²) in [5, 5.41) is 10.2. The molecule has 5 heterocycles. The van der Waals surface area contributed by atoms with Crippen LogP contribution in [0.3, 0.4) is 0 Å². The number of nitrogens with zero attached hydrogens (tertiary/aromatic N) is 3. The topological polar surface area (TPSA) is 81.2 Å². The van der Waals surface area contributed by atoms with Gasteiger partial charge in [-0.05, 0) is 63.1 Å². The SMILES string of the molecule is CC(C1CCNCC1)C1CNCC1C1=NC2=CN(C3CCOCC3)CN2C(=O)N1. The molecule has 3 fully saturated rings. The Balaban J connectivity index is 1.32. The summed E-state index contributed by atoms with van der Waals surface area (Å²) in [5.41, 5.74) is 0. The van der Waals surface area contributed by atoms with E-state index >= 15 is 0 Å². The van der Waals surface area contributed by atoms with E-state index < -0.39 is 0 Å². The summed E-state index contributed by atoms with van der Waals surface area (Å²) in [4.78, 5) is 21.8. The first-order chi connectivity index (χ1) is 14.2. The van der Waals surface area contributed by atoms with Gasteiger partial charge in [0.2, 0.25) is 0 Å². The van der Waals surface area contributed by atoms with Gasteiger partial charge in [0.05, 0.1) is 0 Å². The van der Waals surface area contributed by atoms with Crippen molar-refractivity contribution in [3.63, 3.8) is 0 Å². The number of fused-ring (bicyclic) bond motifs is 1. The molecule has 3 saturated heterocycles. The van der Waals surface area contributed by atoms with Crippen molar-refractivity contribution >= 4 is 11.9 Å². The molecular weight excluding hydrogens is 368 g/mol. The first-order valence-electron chi connectivity index (χ1n) is 11.3. The monoisotopic (exact) mass is 402 g/mol. The fraction of sp³-hybridized carbons (Fsp3) is 0.810. The number of hydrogen-bond acceptors (Lipinski definition) is 6. The quantitative estimate of drug-likeness (QED) is 0.657. The summed E-state index contributed by atoms with van der Waals surface area (Å²) in [6.45, 7) is 8.77. The highest BCUT2D eigenvalue weighted by Crippen LogP contribution is 2.36. The number of carbonyl (C=O) groups is 1. The summed E-state index contributed by atoms with van der Waals surface area (Å²) in [7, 11) is 0. The number of ether oxygens (including phenoxy) is 1. The Kier molecular flexibility index (Phi) is 5.49. The van der Waals surface area contributed by atoms with E-state index in [1.54, 1.807) is 4.90 Å². The van der Waals surface area contributed by atoms with Gasteiger partial charge in [-0.25, -0.2) is 9.79 Å². The maximum absolute atomic E-state index is 12.9. The lowest BCUT2D eigenvalue weighted by Crippen LogP contribution is -2.51. The number of aliphatic imine (C=N–C) groups is 1. The molecule has 8 heteroatoms. The molecule has 2 amide bonds. The van der Waals surface area contributed by atoms with Crippen molar-refractivity contribution in [2.45, 2.75) is 38.6 Å².